The molecule has 0 radical (unpaired) electrons. The third kappa shape index (κ3) is 0.661. The highest BCUT2D eigenvalue weighted by atomic mass is 14.5. The summed E-state index contributed by atoms with van der Waals surface area (Å²) in [6.45, 7) is 4.84. The second-order valence-corrected chi connectivity index (χ2v) is 4.94. The standard InChI is InChI=1S/C8H17B3/c1-6(2)8-7(3-9,4-10-8)5-11-8/h6,10-11H,3-5,9H2,1-2H3. The van der Waals surface area contributed by atoms with Crippen LogP contribution in [0.3, 0.4) is 0 Å². The van der Waals surface area contributed by atoms with Gasteiger partial charge in [0, 0.05) is 0 Å². The van der Waals surface area contributed by atoms with Gasteiger partial charge in [-0.25, -0.2) is 0 Å². The summed E-state index contributed by atoms with van der Waals surface area (Å²) in [5, 5.41) is 0.807. The predicted molar refractivity (Wildman–Crippen MR) is 57.2 cm³/mol. The van der Waals surface area contributed by atoms with Crippen LogP contribution in [0.25, 0.3) is 0 Å². The first kappa shape index (κ1) is 7.82. The van der Waals surface area contributed by atoms with Gasteiger partial charge in [-0.15, -0.1) is 0 Å². The first-order valence-corrected chi connectivity index (χ1v) is 5.17. The fourth-order valence-corrected chi connectivity index (χ4v) is 3.74. The zero-order valence-electron chi connectivity index (χ0n) is 8.11. The molecule has 0 aromatic carbocycles. The molecule has 0 aliphatic carbocycles. The molecule has 2 rings (SSSR count). The monoisotopic (exact) mass is 146 g/mol. The van der Waals surface area contributed by atoms with Gasteiger partial charge in [0.25, 0.3) is 0 Å². The van der Waals surface area contributed by atoms with Crippen LogP contribution >= 0.6 is 0 Å². The van der Waals surface area contributed by atoms with E-state index in [9.17, 15) is 0 Å². The summed E-state index contributed by atoms with van der Waals surface area (Å²) in [5.41, 5.74) is 0.821. The highest BCUT2D eigenvalue weighted by Crippen LogP contribution is 2.72. The van der Waals surface area contributed by atoms with Crippen molar-refractivity contribution < 1.29 is 0 Å². The first-order valence-electron chi connectivity index (χ1n) is 5.17. The van der Waals surface area contributed by atoms with Crippen LogP contribution in [-0.4, -0.2) is 22.4 Å². The number of rotatable bonds is 2. The van der Waals surface area contributed by atoms with E-state index < -0.39 is 0 Å². The van der Waals surface area contributed by atoms with Crippen LogP contribution in [0, 0.1) is 11.3 Å². The summed E-state index contributed by atoms with van der Waals surface area (Å²) < 4.78 is 0. The molecule has 0 nitrogen and oxygen atoms in total. The highest BCUT2D eigenvalue weighted by molar-refractivity contribution is 6.71. The third-order valence-corrected chi connectivity index (χ3v) is 4.94. The van der Waals surface area contributed by atoms with Crippen LogP contribution in [0.2, 0.25) is 24.2 Å². The molecule has 2 fully saturated rings. The normalized spacial score (nSPS) is 46.5. The van der Waals surface area contributed by atoms with Crippen molar-refractivity contribution in [1.29, 1.82) is 0 Å². The van der Waals surface area contributed by atoms with E-state index in [1.165, 1.54) is 33.5 Å². The molecular formula is C8H17B3. The topological polar surface area (TPSA) is 0 Å². The number of fused-ring (bicyclic) bond motifs is 1. The maximum absolute atomic E-state index is 2.42. The van der Waals surface area contributed by atoms with E-state index in [0.717, 1.165) is 16.5 Å². The van der Waals surface area contributed by atoms with Crippen LogP contribution < -0.4 is 0 Å². The Bertz CT molecular complexity index is 163. The molecule has 0 saturated carbocycles. The minimum Gasteiger partial charge on any atom is -0.0776 e. The van der Waals surface area contributed by atoms with Gasteiger partial charge in [-0.3, -0.25) is 0 Å². The summed E-state index contributed by atoms with van der Waals surface area (Å²) in [6, 6.07) is 0. The number of hydrogen-bond donors (Lipinski definition) is 0. The fourth-order valence-electron chi connectivity index (χ4n) is 3.74. The van der Waals surface area contributed by atoms with Gasteiger partial charge in [0.05, 0.1) is 0 Å². The first-order chi connectivity index (χ1) is 5.17. The molecule has 3 heteroatoms. The lowest BCUT2D eigenvalue weighted by molar-refractivity contribution is 0.189. The molecule has 0 aromatic rings. The smallest absolute Gasteiger partial charge is 0.0776 e. The average Bonchev–Trinajstić information content (AvgIpc) is 1.95. The lowest BCUT2D eigenvalue weighted by atomic mass is 9.02. The zero-order chi connectivity index (χ0) is 8.11. The molecular weight excluding hydrogens is 129 g/mol. The average molecular weight is 146 g/mol. The van der Waals surface area contributed by atoms with Crippen LogP contribution in [0.1, 0.15) is 13.8 Å². The molecule has 2 aliphatic heterocycles. The van der Waals surface area contributed by atoms with Crippen molar-refractivity contribution in [2.75, 3.05) is 0 Å². The van der Waals surface area contributed by atoms with E-state index in [4.69, 9.17) is 0 Å². The Balaban J connectivity index is 2.17. The molecule has 2 aliphatic rings. The lowest BCUT2D eigenvalue weighted by Gasteiger charge is -2.70. The van der Waals surface area contributed by atoms with Gasteiger partial charge in [-0.2, -0.15) is 0 Å². The van der Waals surface area contributed by atoms with Gasteiger partial charge in [0.1, 0.15) is 22.4 Å². The van der Waals surface area contributed by atoms with Crippen LogP contribution in [-0.2, 0) is 0 Å². The Morgan fingerprint density at radius 1 is 1.36 bits per heavy atom. The molecule has 0 N–H and O–H groups in total. The molecule has 58 valence electrons. The van der Waals surface area contributed by atoms with Gasteiger partial charge >= 0.3 is 0 Å². The zero-order valence-corrected chi connectivity index (χ0v) is 8.11. The number of hydrogen-bond acceptors (Lipinski definition) is 0. The van der Waals surface area contributed by atoms with Crippen molar-refractivity contribution in [3.05, 3.63) is 0 Å². The molecule has 0 bridgehead atoms. The second kappa shape index (κ2) is 2.11. The van der Waals surface area contributed by atoms with Gasteiger partial charge in [-0.1, -0.05) is 49.4 Å². The van der Waals surface area contributed by atoms with Crippen LogP contribution in [0.15, 0.2) is 0 Å². The van der Waals surface area contributed by atoms with Crippen molar-refractivity contribution in [3.63, 3.8) is 0 Å². The van der Waals surface area contributed by atoms with Gasteiger partial charge in [0.2, 0.25) is 0 Å². The minimum absolute atomic E-state index is 0.807. The Morgan fingerprint density at radius 2 is 1.91 bits per heavy atom. The summed E-state index contributed by atoms with van der Waals surface area (Å²) >= 11 is 0. The molecule has 0 aromatic heterocycles. The van der Waals surface area contributed by atoms with E-state index in [1.807, 2.05) is 0 Å². The van der Waals surface area contributed by atoms with E-state index in [0.29, 0.717) is 0 Å². The largest absolute Gasteiger partial charge is 0.120 e. The summed E-state index contributed by atoms with van der Waals surface area (Å²) in [7, 11) is 5.44. The van der Waals surface area contributed by atoms with Gasteiger partial charge < -0.3 is 0 Å². The maximum Gasteiger partial charge on any atom is 0.120 e. The molecule has 2 saturated heterocycles. The molecule has 11 heavy (non-hydrogen) atoms. The predicted octanol–water partition coefficient (Wildman–Crippen LogP) is 0.533. The molecule has 0 amide bonds. The summed E-state index contributed by atoms with van der Waals surface area (Å²) in [5.74, 6) is 0.935. The Morgan fingerprint density at radius 3 is 2.00 bits per heavy atom. The molecule has 0 atom stereocenters. The molecule has 0 spiro atoms. The summed E-state index contributed by atoms with van der Waals surface area (Å²) in [4.78, 5) is 0. The van der Waals surface area contributed by atoms with Gasteiger partial charge in [-0.05, 0) is 0 Å². The maximum atomic E-state index is 2.42. The van der Waals surface area contributed by atoms with Crippen LogP contribution in [0.4, 0.5) is 0 Å². The SMILES string of the molecule is BCC12CBC1(C(C)C)BC2. The Hall–Kier alpha value is 0.195. The highest BCUT2D eigenvalue weighted by Gasteiger charge is 2.65. The van der Waals surface area contributed by atoms with Crippen molar-refractivity contribution in [2.45, 2.75) is 38.0 Å². The van der Waals surface area contributed by atoms with Crippen molar-refractivity contribution >= 4 is 22.4 Å². The van der Waals surface area contributed by atoms with Crippen molar-refractivity contribution in [3.8, 4) is 0 Å². The van der Waals surface area contributed by atoms with Crippen molar-refractivity contribution in [1.82, 2.24) is 0 Å². The van der Waals surface area contributed by atoms with Crippen LogP contribution in [0.5, 0.6) is 0 Å². The quantitative estimate of drug-likeness (QED) is 0.498. The lowest BCUT2D eigenvalue weighted by Crippen LogP contribution is -2.65. The Labute approximate surface area is 72.4 Å². The fraction of sp³-hybridized carbons (Fsp3) is 1.00. The third-order valence-electron chi connectivity index (χ3n) is 4.94. The minimum atomic E-state index is 0.807. The van der Waals surface area contributed by atoms with E-state index in [1.54, 1.807) is 0 Å². The molecule has 2 heterocycles. The second-order valence-electron chi connectivity index (χ2n) is 4.94. The van der Waals surface area contributed by atoms with Crippen molar-refractivity contribution in [2.24, 2.45) is 11.3 Å². The molecule has 0 unspecified atom stereocenters. The van der Waals surface area contributed by atoms with E-state index in [-0.39, 0.29) is 0 Å². The Kier molecular flexibility index (Phi) is 1.50. The van der Waals surface area contributed by atoms with Gasteiger partial charge in [0.15, 0.2) is 0 Å². The van der Waals surface area contributed by atoms with E-state index in [2.05, 4.69) is 21.7 Å². The van der Waals surface area contributed by atoms with E-state index >= 15 is 0 Å². The summed E-state index contributed by atoms with van der Waals surface area (Å²) in [6.07, 6.45) is 4.49.